The lowest BCUT2D eigenvalue weighted by atomic mass is 10.0. The summed E-state index contributed by atoms with van der Waals surface area (Å²) >= 11 is 3.60. The summed E-state index contributed by atoms with van der Waals surface area (Å²) < 4.78 is 1.28. The summed E-state index contributed by atoms with van der Waals surface area (Å²) in [5.74, 6) is 0. The molecule has 0 fully saturated rings. The molecule has 0 spiro atoms. The Kier molecular flexibility index (Phi) is 4.68. The fraction of sp³-hybridized carbons (Fsp3) is 0.353. The van der Waals surface area contributed by atoms with E-state index in [4.69, 9.17) is 4.98 Å². The quantitative estimate of drug-likeness (QED) is 0.696. The van der Waals surface area contributed by atoms with Crippen LogP contribution in [0.15, 0.2) is 35.0 Å². The Labute approximate surface area is 133 Å². The SMILES string of the molecule is CCCNC(Cc1nc2ccccc2s1)c1cscc1C. The summed E-state index contributed by atoms with van der Waals surface area (Å²) in [4.78, 5) is 4.78. The van der Waals surface area contributed by atoms with Gasteiger partial charge in [0.25, 0.3) is 0 Å². The van der Waals surface area contributed by atoms with Gasteiger partial charge in [0.15, 0.2) is 0 Å². The highest BCUT2D eigenvalue weighted by molar-refractivity contribution is 7.18. The van der Waals surface area contributed by atoms with Crippen molar-refractivity contribution in [3.63, 3.8) is 0 Å². The van der Waals surface area contributed by atoms with E-state index in [1.807, 2.05) is 11.3 Å². The fourth-order valence-corrected chi connectivity index (χ4v) is 4.44. The van der Waals surface area contributed by atoms with Gasteiger partial charge >= 0.3 is 0 Å². The van der Waals surface area contributed by atoms with Crippen molar-refractivity contribution in [3.8, 4) is 0 Å². The standard InChI is InChI=1S/C17H20N2S2/c1-3-8-18-15(13-11-20-10-12(13)2)9-17-19-14-6-4-5-7-16(14)21-17/h4-7,10-11,15,18H,3,8-9H2,1-2H3. The minimum Gasteiger partial charge on any atom is -0.310 e. The molecule has 0 amide bonds. The molecule has 2 nitrogen and oxygen atoms in total. The highest BCUT2D eigenvalue weighted by atomic mass is 32.1. The number of aromatic nitrogens is 1. The number of rotatable bonds is 6. The number of para-hydroxylation sites is 1. The van der Waals surface area contributed by atoms with E-state index in [0.29, 0.717) is 6.04 Å². The Morgan fingerprint density at radius 2 is 2.10 bits per heavy atom. The number of thiazole rings is 1. The van der Waals surface area contributed by atoms with Crippen LogP contribution in [0, 0.1) is 6.92 Å². The first-order chi connectivity index (χ1) is 10.3. The molecule has 3 aromatic rings. The Morgan fingerprint density at radius 1 is 1.24 bits per heavy atom. The fourth-order valence-electron chi connectivity index (χ4n) is 2.52. The van der Waals surface area contributed by atoms with E-state index in [2.05, 4.69) is 54.2 Å². The molecular formula is C17H20N2S2. The molecule has 1 aromatic carbocycles. The van der Waals surface area contributed by atoms with Crippen LogP contribution in [0.5, 0.6) is 0 Å². The van der Waals surface area contributed by atoms with Crippen molar-refractivity contribution in [3.05, 3.63) is 51.2 Å². The molecule has 110 valence electrons. The Morgan fingerprint density at radius 3 is 2.81 bits per heavy atom. The van der Waals surface area contributed by atoms with Crippen LogP contribution < -0.4 is 5.32 Å². The number of fused-ring (bicyclic) bond motifs is 1. The second kappa shape index (κ2) is 6.69. The number of nitrogens with zero attached hydrogens (tertiary/aromatic N) is 1. The van der Waals surface area contributed by atoms with Gasteiger partial charge in [-0.2, -0.15) is 11.3 Å². The Bertz CT molecular complexity index is 681. The molecule has 0 saturated carbocycles. The minimum atomic E-state index is 0.372. The monoisotopic (exact) mass is 316 g/mol. The van der Waals surface area contributed by atoms with Gasteiger partial charge in [-0.1, -0.05) is 19.1 Å². The van der Waals surface area contributed by atoms with Crippen LogP contribution in [0.3, 0.4) is 0 Å². The van der Waals surface area contributed by atoms with Gasteiger partial charge in [0.05, 0.1) is 15.2 Å². The summed E-state index contributed by atoms with van der Waals surface area (Å²) in [6, 6.07) is 8.76. The summed E-state index contributed by atoms with van der Waals surface area (Å²) in [5.41, 5.74) is 3.93. The van der Waals surface area contributed by atoms with Gasteiger partial charge in [0.2, 0.25) is 0 Å². The summed E-state index contributed by atoms with van der Waals surface area (Å²) in [7, 11) is 0. The molecule has 1 atom stereocenters. The lowest BCUT2D eigenvalue weighted by Crippen LogP contribution is -2.24. The van der Waals surface area contributed by atoms with Crippen LogP contribution in [0.4, 0.5) is 0 Å². The molecule has 3 rings (SSSR count). The maximum Gasteiger partial charge on any atom is 0.0957 e. The molecule has 0 saturated heterocycles. The van der Waals surface area contributed by atoms with Crippen molar-refractivity contribution in [2.24, 2.45) is 0 Å². The first-order valence-electron chi connectivity index (χ1n) is 7.38. The zero-order chi connectivity index (χ0) is 14.7. The maximum absolute atomic E-state index is 4.78. The summed E-state index contributed by atoms with van der Waals surface area (Å²) in [6.07, 6.45) is 2.12. The van der Waals surface area contributed by atoms with Gasteiger partial charge in [-0.05, 0) is 53.9 Å². The molecule has 0 aliphatic carbocycles. The van der Waals surface area contributed by atoms with Crippen molar-refractivity contribution in [2.75, 3.05) is 6.54 Å². The van der Waals surface area contributed by atoms with Crippen LogP contribution in [0.25, 0.3) is 10.2 Å². The molecule has 1 unspecified atom stereocenters. The normalized spacial score (nSPS) is 12.9. The van der Waals surface area contributed by atoms with Gasteiger partial charge in [-0.25, -0.2) is 4.98 Å². The van der Waals surface area contributed by atoms with E-state index in [0.717, 1.165) is 24.9 Å². The van der Waals surface area contributed by atoms with Gasteiger partial charge in [-0.15, -0.1) is 11.3 Å². The highest BCUT2D eigenvalue weighted by Crippen LogP contribution is 2.29. The van der Waals surface area contributed by atoms with Gasteiger partial charge in [0.1, 0.15) is 0 Å². The number of thiophene rings is 1. The van der Waals surface area contributed by atoms with Crippen molar-refractivity contribution in [2.45, 2.75) is 32.7 Å². The number of hydrogen-bond donors (Lipinski definition) is 1. The average Bonchev–Trinajstić information content (AvgIpc) is 3.08. The van der Waals surface area contributed by atoms with Crippen molar-refractivity contribution in [1.82, 2.24) is 10.3 Å². The second-order valence-electron chi connectivity index (χ2n) is 5.30. The minimum absolute atomic E-state index is 0.372. The van der Waals surface area contributed by atoms with Crippen LogP contribution in [0.1, 0.15) is 35.5 Å². The molecular weight excluding hydrogens is 296 g/mol. The molecule has 2 heterocycles. The second-order valence-corrected chi connectivity index (χ2v) is 7.16. The van der Waals surface area contributed by atoms with E-state index < -0.39 is 0 Å². The molecule has 2 aromatic heterocycles. The van der Waals surface area contributed by atoms with Crippen LogP contribution >= 0.6 is 22.7 Å². The molecule has 0 aliphatic heterocycles. The maximum atomic E-state index is 4.78. The zero-order valence-electron chi connectivity index (χ0n) is 12.4. The smallest absolute Gasteiger partial charge is 0.0957 e. The van der Waals surface area contributed by atoms with Crippen molar-refractivity contribution >= 4 is 32.9 Å². The van der Waals surface area contributed by atoms with Gasteiger partial charge in [-0.3, -0.25) is 0 Å². The van der Waals surface area contributed by atoms with Gasteiger partial charge < -0.3 is 5.32 Å². The average molecular weight is 316 g/mol. The number of hydrogen-bond acceptors (Lipinski definition) is 4. The van der Waals surface area contributed by atoms with E-state index >= 15 is 0 Å². The third-order valence-electron chi connectivity index (χ3n) is 3.63. The Balaban J connectivity index is 1.85. The molecule has 1 N–H and O–H groups in total. The number of aryl methyl sites for hydroxylation is 1. The van der Waals surface area contributed by atoms with Crippen LogP contribution in [0.2, 0.25) is 0 Å². The van der Waals surface area contributed by atoms with Crippen molar-refractivity contribution < 1.29 is 0 Å². The Hall–Kier alpha value is -1.23. The lowest BCUT2D eigenvalue weighted by molar-refractivity contribution is 0.528. The molecule has 21 heavy (non-hydrogen) atoms. The number of benzene rings is 1. The number of nitrogens with one attached hydrogen (secondary N) is 1. The van der Waals surface area contributed by atoms with E-state index in [1.165, 1.54) is 20.8 Å². The molecule has 0 aliphatic rings. The highest BCUT2D eigenvalue weighted by Gasteiger charge is 2.16. The molecule has 0 bridgehead atoms. The van der Waals surface area contributed by atoms with E-state index in [9.17, 15) is 0 Å². The van der Waals surface area contributed by atoms with E-state index in [1.54, 1.807) is 11.3 Å². The summed E-state index contributed by atoms with van der Waals surface area (Å²) in [5, 5.41) is 9.40. The van der Waals surface area contributed by atoms with Gasteiger partial charge in [0, 0.05) is 12.5 Å². The van der Waals surface area contributed by atoms with Crippen LogP contribution in [-0.4, -0.2) is 11.5 Å². The lowest BCUT2D eigenvalue weighted by Gasteiger charge is -2.17. The first-order valence-corrected chi connectivity index (χ1v) is 9.14. The first kappa shape index (κ1) is 14.7. The predicted molar refractivity (Wildman–Crippen MR) is 93.4 cm³/mol. The third kappa shape index (κ3) is 3.34. The van der Waals surface area contributed by atoms with Crippen LogP contribution in [-0.2, 0) is 6.42 Å². The zero-order valence-corrected chi connectivity index (χ0v) is 14.1. The molecule has 0 radical (unpaired) electrons. The molecule has 4 heteroatoms. The largest absolute Gasteiger partial charge is 0.310 e. The third-order valence-corrected chi connectivity index (χ3v) is 5.57. The van der Waals surface area contributed by atoms with E-state index in [-0.39, 0.29) is 0 Å². The topological polar surface area (TPSA) is 24.9 Å². The predicted octanol–water partition coefficient (Wildman–Crippen LogP) is 4.95. The van der Waals surface area contributed by atoms with Crippen molar-refractivity contribution in [1.29, 1.82) is 0 Å². The summed E-state index contributed by atoms with van der Waals surface area (Å²) in [6.45, 7) is 5.46.